The molecule has 0 amide bonds. The number of pyridine rings is 1. The van der Waals surface area contributed by atoms with Crippen LogP contribution in [0.4, 0.5) is 5.69 Å². The molecule has 1 saturated heterocycles. The van der Waals surface area contributed by atoms with E-state index in [1.165, 1.54) is 16.4 Å². The van der Waals surface area contributed by atoms with Gasteiger partial charge in [-0.05, 0) is 30.7 Å². The number of halogens is 1. The summed E-state index contributed by atoms with van der Waals surface area (Å²) in [6, 6.07) is 11.1. The highest BCUT2D eigenvalue weighted by Gasteiger charge is 2.29. The van der Waals surface area contributed by atoms with Crippen LogP contribution in [0.5, 0.6) is 5.75 Å². The first-order valence-electron chi connectivity index (χ1n) is 9.82. The summed E-state index contributed by atoms with van der Waals surface area (Å²) in [6.07, 6.45) is 0. The van der Waals surface area contributed by atoms with Crippen LogP contribution >= 0.6 is 11.6 Å². The Balaban J connectivity index is 1.63. The molecule has 2 aromatic carbocycles. The Morgan fingerprint density at radius 1 is 1.22 bits per heavy atom. The van der Waals surface area contributed by atoms with Crippen LogP contribution in [0.1, 0.15) is 11.3 Å². The quantitative estimate of drug-likeness (QED) is 0.393. The molecular weight excluding hydrogens is 458 g/mol. The third kappa shape index (κ3) is 4.26. The van der Waals surface area contributed by atoms with Gasteiger partial charge in [-0.15, -0.1) is 0 Å². The van der Waals surface area contributed by atoms with Crippen LogP contribution in [0.3, 0.4) is 0 Å². The van der Waals surface area contributed by atoms with Crippen LogP contribution < -0.4 is 4.74 Å². The standard InChI is InChI=1S/C21H20ClN3O6S/c1-14-16-4-2-3-5-17(16)23-18(21(14)22)13-31-20-7-6-15(12-19(20)25(26)27)32(28,29)24-8-10-30-11-9-24/h2-7,12H,8-11,13H2,1H3. The van der Waals surface area contributed by atoms with Gasteiger partial charge in [-0.3, -0.25) is 10.1 Å². The van der Waals surface area contributed by atoms with Crippen molar-refractivity contribution in [2.75, 3.05) is 26.3 Å². The van der Waals surface area contributed by atoms with Gasteiger partial charge in [0.05, 0.1) is 39.3 Å². The maximum atomic E-state index is 12.8. The van der Waals surface area contributed by atoms with Crippen LogP contribution in [0.15, 0.2) is 47.4 Å². The largest absolute Gasteiger partial charge is 0.480 e. The van der Waals surface area contributed by atoms with Gasteiger partial charge >= 0.3 is 5.69 Å². The normalized spacial score (nSPS) is 15.1. The first kappa shape index (κ1) is 22.4. The monoisotopic (exact) mass is 477 g/mol. The number of morpholine rings is 1. The molecule has 0 saturated carbocycles. The predicted molar refractivity (Wildman–Crippen MR) is 118 cm³/mol. The highest BCUT2D eigenvalue weighted by molar-refractivity contribution is 7.89. The zero-order valence-electron chi connectivity index (χ0n) is 17.2. The molecule has 4 rings (SSSR count). The lowest BCUT2D eigenvalue weighted by atomic mass is 10.1. The summed E-state index contributed by atoms with van der Waals surface area (Å²) in [5.74, 6) is -0.0698. The zero-order chi connectivity index (χ0) is 22.9. The van der Waals surface area contributed by atoms with Gasteiger partial charge in [0.15, 0.2) is 5.75 Å². The van der Waals surface area contributed by atoms with Crippen molar-refractivity contribution in [3.8, 4) is 5.75 Å². The Kier molecular flexibility index (Phi) is 6.29. The van der Waals surface area contributed by atoms with Crippen LogP contribution in [-0.2, 0) is 21.4 Å². The highest BCUT2D eigenvalue weighted by Crippen LogP contribution is 2.33. The Morgan fingerprint density at radius 2 is 1.94 bits per heavy atom. The van der Waals surface area contributed by atoms with Gasteiger partial charge in [0.2, 0.25) is 10.0 Å². The molecule has 1 fully saturated rings. The van der Waals surface area contributed by atoms with Crippen molar-refractivity contribution in [2.45, 2.75) is 18.4 Å². The number of aryl methyl sites for hydroxylation is 1. The van der Waals surface area contributed by atoms with Crippen molar-refractivity contribution >= 4 is 38.2 Å². The third-order valence-corrected chi connectivity index (χ3v) is 7.64. The van der Waals surface area contributed by atoms with Crippen molar-refractivity contribution in [2.24, 2.45) is 0 Å². The van der Waals surface area contributed by atoms with E-state index in [1.807, 2.05) is 31.2 Å². The average molecular weight is 478 g/mol. The van der Waals surface area contributed by atoms with E-state index in [2.05, 4.69) is 4.98 Å². The molecule has 0 bridgehead atoms. The van der Waals surface area contributed by atoms with E-state index in [0.29, 0.717) is 10.7 Å². The van der Waals surface area contributed by atoms with Gasteiger partial charge in [0.1, 0.15) is 6.61 Å². The average Bonchev–Trinajstić information content (AvgIpc) is 2.81. The molecule has 0 spiro atoms. The summed E-state index contributed by atoms with van der Waals surface area (Å²) >= 11 is 6.44. The number of nitrogens with zero attached hydrogens (tertiary/aromatic N) is 3. The number of para-hydroxylation sites is 1. The molecule has 3 aromatic rings. The van der Waals surface area contributed by atoms with Crippen LogP contribution in [-0.4, -0.2) is 48.9 Å². The Bertz CT molecular complexity index is 1290. The van der Waals surface area contributed by atoms with Gasteiger partial charge < -0.3 is 9.47 Å². The Labute approximate surface area is 189 Å². The zero-order valence-corrected chi connectivity index (χ0v) is 18.7. The van der Waals surface area contributed by atoms with Gasteiger partial charge in [-0.25, -0.2) is 13.4 Å². The van der Waals surface area contributed by atoms with Gasteiger partial charge in [0.25, 0.3) is 0 Å². The number of nitro groups is 1. The van der Waals surface area contributed by atoms with E-state index in [-0.39, 0.29) is 43.6 Å². The van der Waals surface area contributed by atoms with Crippen molar-refractivity contribution in [3.63, 3.8) is 0 Å². The summed E-state index contributed by atoms with van der Waals surface area (Å²) in [5.41, 5.74) is 1.54. The van der Waals surface area contributed by atoms with E-state index >= 15 is 0 Å². The smallest absolute Gasteiger partial charge is 0.312 e. The summed E-state index contributed by atoms with van der Waals surface area (Å²) in [4.78, 5) is 15.3. The fraction of sp³-hybridized carbons (Fsp3) is 0.286. The first-order valence-corrected chi connectivity index (χ1v) is 11.6. The lowest BCUT2D eigenvalue weighted by molar-refractivity contribution is -0.386. The number of aromatic nitrogens is 1. The molecule has 2 heterocycles. The lowest BCUT2D eigenvalue weighted by Crippen LogP contribution is -2.40. The second kappa shape index (κ2) is 8.99. The number of hydrogen-bond donors (Lipinski definition) is 0. The van der Waals surface area contributed by atoms with Crippen molar-refractivity contribution in [1.82, 2.24) is 9.29 Å². The Morgan fingerprint density at radius 3 is 2.66 bits per heavy atom. The SMILES string of the molecule is Cc1c(Cl)c(COc2ccc(S(=O)(=O)N3CCOCC3)cc2[N+](=O)[O-])nc2ccccc12. The molecule has 11 heteroatoms. The van der Waals surface area contributed by atoms with Crippen LogP contribution in [0.2, 0.25) is 5.02 Å². The maximum Gasteiger partial charge on any atom is 0.312 e. The molecule has 9 nitrogen and oxygen atoms in total. The number of benzene rings is 2. The molecule has 1 aromatic heterocycles. The second-order valence-electron chi connectivity index (χ2n) is 7.21. The number of nitro benzene ring substituents is 1. The van der Waals surface area contributed by atoms with Crippen molar-refractivity contribution in [3.05, 3.63) is 68.9 Å². The summed E-state index contributed by atoms with van der Waals surface area (Å²) < 4.78 is 37.8. The molecule has 32 heavy (non-hydrogen) atoms. The highest BCUT2D eigenvalue weighted by atomic mass is 35.5. The fourth-order valence-electron chi connectivity index (χ4n) is 3.52. The van der Waals surface area contributed by atoms with E-state index in [9.17, 15) is 18.5 Å². The summed E-state index contributed by atoms with van der Waals surface area (Å²) in [7, 11) is -3.88. The Hall–Kier alpha value is -2.79. The van der Waals surface area contributed by atoms with Gasteiger partial charge in [-0.2, -0.15) is 4.31 Å². The predicted octanol–water partition coefficient (Wildman–Crippen LogP) is 3.70. The topological polar surface area (TPSA) is 112 Å². The molecule has 1 aliphatic heterocycles. The molecule has 1 aliphatic rings. The molecule has 0 atom stereocenters. The number of rotatable bonds is 6. The van der Waals surface area contributed by atoms with E-state index in [4.69, 9.17) is 21.1 Å². The molecule has 0 aliphatic carbocycles. The number of ether oxygens (including phenoxy) is 2. The second-order valence-corrected chi connectivity index (χ2v) is 9.52. The van der Waals surface area contributed by atoms with Crippen molar-refractivity contribution in [1.29, 1.82) is 0 Å². The minimum atomic E-state index is -3.88. The fourth-order valence-corrected chi connectivity index (χ4v) is 5.14. The number of hydrogen-bond acceptors (Lipinski definition) is 7. The van der Waals surface area contributed by atoms with Gasteiger partial charge in [-0.1, -0.05) is 29.8 Å². The molecular formula is C21H20ClN3O6S. The van der Waals surface area contributed by atoms with E-state index < -0.39 is 20.6 Å². The van der Waals surface area contributed by atoms with Crippen molar-refractivity contribution < 1.29 is 22.8 Å². The number of sulfonamides is 1. The first-order chi connectivity index (χ1) is 15.3. The summed E-state index contributed by atoms with van der Waals surface area (Å²) in [5, 5.41) is 13.0. The van der Waals surface area contributed by atoms with Crippen LogP contribution in [0, 0.1) is 17.0 Å². The molecule has 168 valence electrons. The molecule has 0 unspecified atom stereocenters. The van der Waals surface area contributed by atoms with Crippen LogP contribution in [0.25, 0.3) is 10.9 Å². The maximum absolute atomic E-state index is 12.8. The number of fused-ring (bicyclic) bond motifs is 1. The lowest BCUT2D eigenvalue weighted by Gasteiger charge is -2.26. The minimum absolute atomic E-state index is 0.0698. The molecule has 0 radical (unpaired) electrons. The van der Waals surface area contributed by atoms with E-state index in [0.717, 1.165) is 22.5 Å². The minimum Gasteiger partial charge on any atom is -0.480 e. The van der Waals surface area contributed by atoms with E-state index in [1.54, 1.807) is 0 Å². The van der Waals surface area contributed by atoms with Gasteiger partial charge in [0, 0.05) is 24.5 Å². The summed E-state index contributed by atoms with van der Waals surface area (Å²) in [6.45, 7) is 2.70. The third-order valence-electron chi connectivity index (χ3n) is 5.25. The molecule has 0 N–H and O–H groups in total.